The molecule has 2 aliphatic heterocycles. The van der Waals surface area contributed by atoms with Gasteiger partial charge in [-0.2, -0.15) is 0 Å². The van der Waals surface area contributed by atoms with Crippen LogP contribution in [0, 0.1) is 0 Å². The molecule has 5 nitrogen and oxygen atoms in total. The van der Waals surface area contributed by atoms with Crippen LogP contribution in [0.3, 0.4) is 0 Å². The summed E-state index contributed by atoms with van der Waals surface area (Å²) >= 11 is 5.99. The summed E-state index contributed by atoms with van der Waals surface area (Å²) in [6.45, 7) is 6.12. The number of halogens is 1. The van der Waals surface area contributed by atoms with Gasteiger partial charge in [-0.15, -0.1) is 0 Å². The Balaban J connectivity index is 1.34. The summed E-state index contributed by atoms with van der Waals surface area (Å²) in [5.74, 6) is 0.220. The minimum absolute atomic E-state index is 0.219. The van der Waals surface area contributed by atoms with E-state index in [0.717, 1.165) is 56.4 Å². The van der Waals surface area contributed by atoms with Crippen LogP contribution in [0.5, 0.6) is 0 Å². The lowest BCUT2D eigenvalue weighted by atomic mass is 10.1. The summed E-state index contributed by atoms with van der Waals surface area (Å²) in [6.07, 6.45) is 0.939. The second-order valence-electron chi connectivity index (χ2n) is 8.69. The molecule has 1 atom stereocenters. The zero-order valence-corrected chi connectivity index (χ0v) is 18.7. The predicted octanol–water partition coefficient (Wildman–Crippen LogP) is 2.98. The smallest absolute Gasteiger partial charge is 0.241 e. The summed E-state index contributed by atoms with van der Waals surface area (Å²) in [4.78, 5) is 22.3. The highest BCUT2D eigenvalue weighted by atomic mass is 35.5. The number of benzene rings is 2. The molecule has 2 heterocycles. The summed E-state index contributed by atoms with van der Waals surface area (Å²) < 4.78 is 0. The molecule has 4 rings (SSSR count). The Morgan fingerprint density at radius 3 is 2.37 bits per heavy atom. The number of amides is 1. The molecule has 2 aliphatic rings. The minimum atomic E-state index is 0.219. The average Bonchev–Trinajstić information content (AvgIpc) is 3.08. The van der Waals surface area contributed by atoms with E-state index in [1.54, 1.807) is 0 Å². The lowest BCUT2D eigenvalue weighted by Crippen LogP contribution is -2.52. The molecule has 0 unspecified atom stereocenters. The number of hydrogen-bond acceptors (Lipinski definition) is 4. The Labute approximate surface area is 184 Å². The van der Waals surface area contributed by atoms with Crippen molar-refractivity contribution in [2.24, 2.45) is 0 Å². The van der Waals surface area contributed by atoms with Gasteiger partial charge in [0.05, 0.1) is 12.6 Å². The van der Waals surface area contributed by atoms with Crippen LogP contribution in [0.15, 0.2) is 48.5 Å². The van der Waals surface area contributed by atoms with Gasteiger partial charge < -0.3 is 9.80 Å². The number of fused-ring (bicyclic) bond motifs is 1. The molecular formula is C24H31ClN4O. The molecule has 0 spiro atoms. The fourth-order valence-corrected chi connectivity index (χ4v) is 4.71. The van der Waals surface area contributed by atoms with E-state index in [1.165, 1.54) is 11.1 Å². The van der Waals surface area contributed by atoms with Gasteiger partial charge in [0.1, 0.15) is 0 Å². The number of piperazine rings is 1. The topological polar surface area (TPSA) is 30.0 Å². The molecule has 2 aromatic carbocycles. The Kier molecular flexibility index (Phi) is 6.74. The average molecular weight is 427 g/mol. The first-order chi connectivity index (χ1) is 14.5. The van der Waals surface area contributed by atoms with E-state index in [9.17, 15) is 4.79 Å². The number of carbonyl (C=O) groups excluding carboxylic acids is 1. The molecule has 0 aliphatic carbocycles. The van der Waals surface area contributed by atoms with E-state index in [1.807, 2.05) is 18.2 Å². The van der Waals surface area contributed by atoms with Crippen LogP contribution >= 0.6 is 11.6 Å². The molecule has 0 radical (unpaired) electrons. The van der Waals surface area contributed by atoms with Crippen LogP contribution < -0.4 is 4.90 Å². The van der Waals surface area contributed by atoms with Crippen LogP contribution in [0.25, 0.3) is 0 Å². The highest BCUT2D eigenvalue weighted by Gasteiger charge is 2.34. The maximum Gasteiger partial charge on any atom is 0.241 e. The Morgan fingerprint density at radius 2 is 1.67 bits per heavy atom. The molecule has 0 aromatic heterocycles. The number of likely N-dealkylation sites (N-methyl/N-ethyl adjacent to an activating group) is 1. The number of carbonyl (C=O) groups is 1. The van der Waals surface area contributed by atoms with Gasteiger partial charge in [-0.05, 0) is 49.8 Å². The van der Waals surface area contributed by atoms with Crippen molar-refractivity contribution in [3.63, 3.8) is 0 Å². The van der Waals surface area contributed by atoms with Gasteiger partial charge in [0.15, 0.2) is 0 Å². The summed E-state index contributed by atoms with van der Waals surface area (Å²) in [7, 11) is 4.15. The van der Waals surface area contributed by atoms with Gasteiger partial charge in [0, 0.05) is 50.0 Å². The molecule has 0 saturated carbocycles. The molecule has 6 heteroatoms. The Morgan fingerprint density at radius 1 is 1.00 bits per heavy atom. The van der Waals surface area contributed by atoms with Crippen LogP contribution in [0.1, 0.15) is 11.1 Å². The molecule has 0 N–H and O–H groups in total. The Hall–Kier alpha value is -1.92. The maximum atomic E-state index is 13.3. The van der Waals surface area contributed by atoms with Gasteiger partial charge in [0.2, 0.25) is 5.91 Å². The maximum absolute atomic E-state index is 13.3. The lowest BCUT2D eigenvalue weighted by Gasteiger charge is -2.36. The third-order valence-electron chi connectivity index (χ3n) is 6.06. The molecule has 30 heavy (non-hydrogen) atoms. The number of para-hydroxylation sites is 1. The molecule has 1 fully saturated rings. The minimum Gasteiger partial charge on any atom is -0.307 e. The zero-order chi connectivity index (χ0) is 21.1. The summed E-state index contributed by atoms with van der Waals surface area (Å²) in [5, 5.41) is 0.776. The number of nitrogens with zero attached hydrogens (tertiary/aromatic N) is 4. The van der Waals surface area contributed by atoms with Crippen molar-refractivity contribution in [2.75, 3.05) is 58.3 Å². The SMILES string of the molecule is CN(C)C[C@@H]1Cc2ccccc2N1C(=O)CN1CCN(Cc2ccc(Cl)cc2)CC1. The predicted molar refractivity (Wildman–Crippen MR) is 123 cm³/mol. The van der Waals surface area contributed by atoms with E-state index in [4.69, 9.17) is 11.6 Å². The van der Waals surface area contributed by atoms with E-state index < -0.39 is 0 Å². The first-order valence-electron chi connectivity index (χ1n) is 10.7. The van der Waals surface area contributed by atoms with Gasteiger partial charge in [-0.25, -0.2) is 0 Å². The van der Waals surface area contributed by atoms with Gasteiger partial charge >= 0.3 is 0 Å². The van der Waals surface area contributed by atoms with Crippen molar-refractivity contribution in [1.29, 1.82) is 0 Å². The first-order valence-corrected chi connectivity index (χ1v) is 11.1. The van der Waals surface area contributed by atoms with Crippen LogP contribution in [-0.2, 0) is 17.8 Å². The van der Waals surface area contributed by atoms with Crippen molar-refractivity contribution >= 4 is 23.2 Å². The zero-order valence-electron chi connectivity index (χ0n) is 17.9. The second-order valence-corrected chi connectivity index (χ2v) is 9.13. The second kappa shape index (κ2) is 9.48. The Bertz CT molecular complexity index is 862. The molecule has 1 amide bonds. The number of anilines is 1. The molecular weight excluding hydrogens is 396 g/mol. The van der Waals surface area contributed by atoms with Crippen molar-refractivity contribution in [3.05, 3.63) is 64.7 Å². The normalized spacial score (nSPS) is 20.0. The standard InChI is InChI=1S/C24H31ClN4O/c1-26(2)17-22-15-20-5-3-4-6-23(20)29(22)24(30)18-28-13-11-27(12-14-28)16-19-7-9-21(25)10-8-19/h3-10,22H,11-18H2,1-2H3/t22-/m0/s1. The monoisotopic (exact) mass is 426 g/mol. The quantitative estimate of drug-likeness (QED) is 0.710. The van der Waals surface area contributed by atoms with E-state index >= 15 is 0 Å². The van der Waals surface area contributed by atoms with E-state index in [2.05, 4.69) is 64.0 Å². The largest absolute Gasteiger partial charge is 0.307 e. The fraction of sp³-hybridized carbons (Fsp3) is 0.458. The highest BCUT2D eigenvalue weighted by Crippen LogP contribution is 2.32. The third-order valence-corrected chi connectivity index (χ3v) is 6.31. The van der Waals surface area contributed by atoms with Crippen molar-refractivity contribution in [1.82, 2.24) is 14.7 Å². The van der Waals surface area contributed by atoms with E-state index in [0.29, 0.717) is 6.54 Å². The highest BCUT2D eigenvalue weighted by molar-refractivity contribution is 6.30. The van der Waals surface area contributed by atoms with Crippen molar-refractivity contribution in [3.8, 4) is 0 Å². The third kappa shape index (κ3) is 5.03. The lowest BCUT2D eigenvalue weighted by molar-refractivity contribution is -0.120. The molecule has 2 aromatic rings. The molecule has 1 saturated heterocycles. The van der Waals surface area contributed by atoms with Crippen LogP contribution in [-0.4, -0.2) is 80.0 Å². The summed E-state index contributed by atoms with van der Waals surface area (Å²) in [6, 6.07) is 16.6. The molecule has 0 bridgehead atoms. The van der Waals surface area contributed by atoms with E-state index in [-0.39, 0.29) is 11.9 Å². The van der Waals surface area contributed by atoms with Gasteiger partial charge in [-0.1, -0.05) is 41.9 Å². The van der Waals surface area contributed by atoms with Crippen molar-refractivity contribution in [2.45, 2.75) is 19.0 Å². The van der Waals surface area contributed by atoms with Crippen LogP contribution in [0.2, 0.25) is 5.02 Å². The van der Waals surface area contributed by atoms with Crippen LogP contribution in [0.4, 0.5) is 5.69 Å². The van der Waals surface area contributed by atoms with Gasteiger partial charge in [-0.3, -0.25) is 14.6 Å². The van der Waals surface area contributed by atoms with Gasteiger partial charge in [0.25, 0.3) is 0 Å². The van der Waals surface area contributed by atoms with Crippen molar-refractivity contribution < 1.29 is 4.79 Å². The number of rotatable bonds is 6. The number of hydrogen-bond donors (Lipinski definition) is 0. The molecule has 160 valence electrons. The summed E-state index contributed by atoms with van der Waals surface area (Å²) in [5.41, 5.74) is 3.66. The fourth-order valence-electron chi connectivity index (χ4n) is 4.59. The first kappa shape index (κ1) is 21.3.